The molecule has 27 heavy (non-hydrogen) atoms. The van der Waals surface area contributed by atoms with Crippen molar-refractivity contribution in [3.8, 4) is 0 Å². The maximum Gasteiger partial charge on any atom is 0.169 e. The Kier molecular flexibility index (Phi) is 4.65. The summed E-state index contributed by atoms with van der Waals surface area (Å²) in [5, 5.41) is 1.16. The lowest BCUT2D eigenvalue weighted by atomic mass is 9.46. The Bertz CT molecular complexity index is 612. The highest BCUT2D eigenvalue weighted by Crippen LogP contribution is 2.67. The second-order valence-electron chi connectivity index (χ2n) is 11.0. The van der Waals surface area contributed by atoms with Crippen LogP contribution in [0.5, 0.6) is 0 Å². The Balaban J connectivity index is 1.42. The number of allylic oxidation sites excluding steroid dienone is 2. The van der Waals surface area contributed by atoms with Crippen LogP contribution < -0.4 is 0 Å². The smallest absolute Gasteiger partial charge is 0.169 e. The molecule has 0 aromatic carbocycles. The SMILES string of the molecule is C[C@H](CBr)C1CCC2C3C=CC4CC5(CC[C@]4(C)C3CC[C@@]21C)OCCO5. The van der Waals surface area contributed by atoms with Gasteiger partial charge in [-0.1, -0.05) is 48.9 Å². The van der Waals surface area contributed by atoms with Gasteiger partial charge in [0.25, 0.3) is 0 Å². The molecule has 0 bridgehead atoms. The number of alkyl halides is 1. The quantitative estimate of drug-likeness (QED) is 0.379. The summed E-state index contributed by atoms with van der Waals surface area (Å²) < 4.78 is 12.2. The third-order valence-corrected chi connectivity index (χ3v) is 11.0. The van der Waals surface area contributed by atoms with Crippen LogP contribution in [0.2, 0.25) is 0 Å². The molecule has 4 aliphatic carbocycles. The molecule has 3 heteroatoms. The third-order valence-electron chi connectivity index (χ3n) is 9.99. The van der Waals surface area contributed by atoms with Crippen LogP contribution in [-0.2, 0) is 9.47 Å². The molecule has 1 saturated heterocycles. The van der Waals surface area contributed by atoms with E-state index in [1.54, 1.807) is 0 Å². The molecule has 152 valence electrons. The van der Waals surface area contributed by atoms with Crippen LogP contribution >= 0.6 is 15.9 Å². The van der Waals surface area contributed by atoms with Gasteiger partial charge in [-0.2, -0.15) is 0 Å². The largest absolute Gasteiger partial charge is 0.348 e. The average molecular weight is 437 g/mol. The van der Waals surface area contributed by atoms with Gasteiger partial charge >= 0.3 is 0 Å². The van der Waals surface area contributed by atoms with E-state index >= 15 is 0 Å². The number of halogens is 1. The van der Waals surface area contributed by atoms with Crippen molar-refractivity contribution < 1.29 is 9.47 Å². The molecule has 0 radical (unpaired) electrons. The van der Waals surface area contributed by atoms with Gasteiger partial charge in [-0.25, -0.2) is 0 Å². The lowest BCUT2D eigenvalue weighted by molar-refractivity contribution is -0.213. The summed E-state index contributed by atoms with van der Waals surface area (Å²) in [6.45, 7) is 9.29. The van der Waals surface area contributed by atoms with Gasteiger partial charge < -0.3 is 9.47 Å². The minimum Gasteiger partial charge on any atom is -0.348 e. The van der Waals surface area contributed by atoms with Gasteiger partial charge in [-0.15, -0.1) is 0 Å². The molecule has 0 N–H and O–H groups in total. The van der Waals surface area contributed by atoms with E-state index in [1.165, 1.54) is 32.1 Å². The standard InChI is InChI=1S/C24H37BrO2/c1-16(15-25)19-6-7-20-18-5-4-17-14-24(26-12-13-27-24)11-10-22(17,2)21(18)8-9-23(19,20)3/h4-5,16-21H,6-15H2,1-3H3/t16-,17?,18?,19?,20?,21?,22+,23-/m1/s1. The van der Waals surface area contributed by atoms with Gasteiger partial charge in [0, 0.05) is 18.2 Å². The predicted molar refractivity (Wildman–Crippen MR) is 113 cm³/mol. The van der Waals surface area contributed by atoms with E-state index in [0.717, 1.165) is 61.0 Å². The van der Waals surface area contributed by atoms with Gasteiger partial charge in [0.15, 0.2) is 5.79 Å². The number of fused-ring (bicyclic) bond motifs is 5. The number of rotatable bonds is 2. The third kappa shape index (κ3) is 2.70. The van der Waals surface area contributed by atoms with E-state index in [9.17, 15) is 0 Å². The van der Waals surface area contributed by atoms with Crippen molar-refractivity contribution in [3.05, 3.63) is 12.2 Å². The molecule has 4 fully saturated rings. The molecule has 8 atom stereocenters. The zero-order chi connectivity index (χ0) is 18.9. The Hall–Kier alpha value is 0.140. The van der Waals surface area contributed by atoms with Crippen LogP contribution in [0.3, 0.4) is 0 Å². The van der Waals surface area contributed by atoms with Crippen LogP contribution in [0.15, 0.2) is 12.2 Å². The van der Waals surface area contributed by atoms with Gasteiger partial charge in [0.2, 0.25) is 0 Å². The second-order valence-corrected chi connectivity index (χ2v) is 11.6. The van der Waals surface area contributed by atoms with Crippen molar-refractivity contribution >= 4 is 15.9 Å². The van der Waals surface area contributed by atoms with Crippen LogP contribution in [0.25, 0.3) is 0 Å². The first-order valence-corrected chi connectivity index (χ1v) is 12.6. The molecule has 1 spiro atoms. The van der Waals surface area contributed by atoms with Crippen molar-refractivity contribution in [2.45, 2.75) is 71.5 Å². The summed E-state index contributed by atoms with van der Waals surface area (Å²) in [5.41, 5.74) is 0.996. The molecule has 0 aromatic rings. The van der Waals surface area contributed by atoms with Crippen molar-refractivity contribution in [2.75, 3.05) is 18.5 Å². The molecule has 0 amide bonds. The van der Waals surface area contributed by atoms with E-state index in [-0.39, 0.29) is 5.79 Å². The molecule has 3 saturated carbocycles. The van der Waals surface area contributed by atoms with E-state index in [1.807, 2.05) is 0 Å². The topological polar surface area (TPSA) is 18.5 Å². The molecule has 2 nitrogen and oxygen atoms in total. The number of hydrogen-bond acceptors (Lipinski definition) is 2. The monoisotopic (exact) mass is 436 g/mol. The lowest BCUT2D eigenvalue weighted by Crippen LogP contribution is -2.54. The Morgan fingerprint density at radius 1 is 0.963 bits per heavy atom. The lowest BCUT2D eigenvalue weighted by Gasteiger charge is -2.60. The number of ether oxygens (including phenoxy) is 2. The highest BCUT2D eigenvalue weighted by molar-refractivity contribution is 9.09. The molecule has 5 rings (SSSR count). The predicted octanol–water partition coefficient (Wildman–Crippen LogP) is 6.20. The maximum absolute atomic E-state index is 6.09. The average Bonchev–Trinajstić information content (AvgIpc) is 3.26. The molecular formula is C24H37BrO2. The molecule has 5 unspecified atom stereocenters. The summed E-state index contributed by atoms with van der Waals surface area (Å²) in [6.07, 6.45) is 14.5. The zero-order valence-electron chi connectivity index (χ0n) is 17.4. The van der Waals surface area contributed by atoms with E-state index in [2.05, 4.69) is 48.9 Å². The van der Waals surface area contributed by atoms with Crippen molar-refractivity contribution in [1.82, 2.24) is 0 Å². The highest BCUT2D eigenvalue weighted by atomic mass is 79.9. The van der Waals surface area contributed by atoms with Crippen molar-refractivity contribution in [2.24, 2.45) is 46.3 Å². The minimum absolute atomic E-state index is 0.256. The molecule has 0 aromatic heterocycles. The van der Waals surface area contributed by atoms with Crippen molar-refractivity contribution in [3.63, 3.8) is 0 Å². The minimum atomic E-state index is -0.256. The summed E-state index contributed by atoms with van der Waals surface area (Å²) in [4.78, 5) is 0. The van der Waals surface area contributed by atoms with Gasteiger partial charge in [-0.05, 0) is 78.4 Å². The fourth-order valence-electron chi connectivity index (χ4n) is 8.40. The Morgan fingerprint density at radius 3 is 2.44 bits per heavy atom. The summed E-state index contributed by atoms with van der Waals surface area (Å²) in [7, 11) is 0. The highest BCUT2D eigenvalue weighted by Gasteiger charge is 2.61. The molecule has 5 aliphatic rings. The van der Waals surface area contributed by atoms with E-state index in [0.29, 0.717) is 16.7 Å². The van der Waals surface area contributed by atoms with Gasteiger partial charge in [0.05, 0.1) is 13.2 Å². The summed E-state index contributed by atoms with van der Waals surface area (Å²) in [6, 6.07) is 0. The van der Waals surface area contributed by atoms with E-state index in [4.69, 9.17) is 9.47 Å². The fraction of sp³-hybridized carbons (Fsp3) is 0.917. The molecular weight excluding hydrogens is 400 g/mol. The zero-order valence-corrected chi connectivity index (χ0v) is 19.0. The first kappa shape index (κ1) is 19.1. The Labute approximate surface area is 174 Å². The second kappa shape index (κ2) is 6.57. The van der Waals surface area contributed by atoms with E-state index < -0.39 is 0 Å². The molecule has 1 aliphatic heterocycles. The Morgan fingerprint density at radius 2 is 1.70 bits per heavy atom. The fourth-order valence-corrected chi connectivity index (χ4v) is 8.85. The first-order valence-electron chi connectivity index (χ1n) is 11.4. The number of hydrogen-bond donors (Lipinski definition) is 0. The van der Waals surface area contributed by atoms with Crippen LogP contribution in [0, 0.1) is 46.3 Å². The summed E-state index contributed by atoms with van der Waals surface area (Å²) in [5.74, 6) is 4.64. The van der Waals surface area contributed by atoms with Crippen LogP contribution in [0.1, 0.15) is 65.7 Å². The van der Waals surface area contributed by atoms with Gasteiger partial charge in [0.1, 0.15) is 0 Å². The van der Waals surface area contributed by atoms with Crippen LogP contribution in [0.4, 0.5) is 0 Å². The normalized spacial score (nSPS) is 51.6. The van der Waals surface area contributed by atoms with Crippen molar-refractivity contribution in [1.29, 1.82) is 0 Å². The van der Waals surface area contributed by atoms with Gasteiger partial charge in [-0.3, -0.25) is 0 Å². The van der Waals surface area contributed by atoms with Crippen LogP contribution in [-0.4, -0.2) is 24.3 Å². The maximum atomic E-state index is 6.09. The first-order chi connectivity index (χ1) is 12.9. The molecule has 1 heterocycles. The summed E-state index contributed by atoms with van der Waals surface area (Å²) >= 11 is 3.78.